The van der Waals surface area contributed by atoms with E-state index in [4.69, 9.17) is 9.47 Å². The molecular formula is C26H30N2O5S. The maximum atomic E-state index is 12.8. The molecule has 3 aromatic rings. The Labute approximate surface area is 201 Å². The summed E-state index contributed by atoms with van der Waals surface area (Å²) in [5.74, 6) is 1.03. The Morgan fingerprint density at radius 2 is 1.56 bits per heavy atom. The Kier molecular flexibility index (Phi) is 8.17. The summed E-state index contributed by atoms with van der Waals surface area (Å²) in [4.78, 5) is 12.8. The summed E-state index contributed by atoms with van der Waals surface area (Å²) in [7, 11) is -3.78. The van der Waals surface area contributed by atoms with Crippen molar-refractivity contribution in [2.45, 2.75) is 45.1 Å². The van der Waals surface area contributed by atoms with Gasteiger partial charge in [0.15, 0.2) is 6.10 Å². The minimum Gasteiger partial charge on any atom is -0.494 e. The van der Waals surface area contributed by atoms with Crippen molar-refractivity contribution < 1.29 is 22.7 Å². The summed E-state index contributed by atoms with van der Waals surface area (Å²) in [6.07, 6.45) is -0.192. The lowest BCUT2D eigenvalue weighted by Crippen LogP contribution is -2.32. The number of rotatable bonds is 10. The lowest BCUT2D eigenvalue weighted by atomic mass is 10.1. The molecule has 0 aliphatic heterocycles. The van der Waals surface area contributed by atoms with E-state index in [2.05, 4.69) is 10.0 Å². The van der Waals surface area contributed by atoms with Crippen molar-refractivity contribution >= 4 is 27.3 Å². The molecule has 0 bridgehead atoms. The molecule has 0 heterocycles. The number of nitrogens with one attached hydrogen (secondary N) is 2. The number of benzene rings is 3. The number of ether oxygens (including phenoxy) is 2. The number of carbonyl (C=O) groups excluding carboxylic acids is 1. The van der Waals surface area contributed by atoms with E-state index in [1.165, 1.54) is 12.1 Å². The maximum Gasteiger partial charge on any atom is 0.265 e. The maximum absolute atomic E-state index is 12.8. The summed E-state index contributed by atoms with van der Waals surface area (Å²) in [5.41, 5.74) is 2.98. The van der Waals surface area contributed by atoms with E-state index in [1.54, 1.807) is 36.4 Å². The smallest absolute Gasteiger partial charge is 0.265 e. The Balaban J connectivity index is 1.65. The van der Waals surface area contributed by atoms with Gasteiger partial charge in [0.2, 0.25) is 0 Å². The zero-order valence-corrected chi connectivity index (χ0v) is 20.6. The first-order valence-corrected chi connectivity index (χ1v) is 12.6. The van der Waals surface area contributed by atoms with E-state index >= 15 is 0 Å². The van der Waals surface area contributed by atoms with Crippen molar-refractivity contribution in [3.05, 3.63) is 77.9 Å². The Bertz CT molecular complexity index is 1220. The summed E-state index contributed by atoms with van der Waals surface area (Å²) < 4.78 is 39.3. The first-order chi connectivity index (χ1) is 16.2. The average molecular weight is 483 g/mol. The second-order valence-electron chi connectivity index (χ2n) is 7.79. The Hall–Kier alpha value is -3.52. The normalized spacial score (nSPS) is 12.0. The number of amides is 1. The lowest BCUT2D eigenvalue weighted by molar-refractivity contribution is -0.122. The van der Waals surface area contributed by atoms with Gasteiger partial charge in [-0.1, -0.05) is 19.1 Å². The fraction of sp³-hybridized carbons (Fsp3) is 0.269. The molecule has 0 radical (unpaired) electrons. The topological polar surface area (TPSA) is 93.7 Å². The highest BCUT2D eigenvalue weighted by molar-refractivity contribution is 7.92. The SMILES string of the molecule is CCOc1ccc(NS(=O)(=O)c2ccc(NC(=O)C(CC)Oc3cccc(C)c3C)cc2)cc1. The molecule has 0 aromatic heterocycles. The second kappa shape index (κ2) is 11.1. The lowest BCUT2D eigenvalue weighted by Gasteiger charge is -2.19. The minimum absolute atomic E-state index is 0.0815. The second-order valence-corrected chi connectivity index (χ2v) is 9.47. The van der Waals surface area contributed by atoms with Crippen LogP contribution in [-0.2, 0) is 14.8 Å². The number of carbonyl (C=O) groups is 1. The number of sulfonamides is 1. The van der Waals surface area contributed by atoms with Gasteiger partial charge >= 0.3 is 0 Å². The van der Waals surface area contributed by atoms with Crippen molar-refractivity contribution in [1.29, 1.82) is 0 Å². The number of anilines is 2. The highest BCUT2D eigenvalue weighted by Gasteiger charge is 2.20. The molecule has 3 aromatic carbocycles. The molecule has 0 fully saturated rings. The van der Waals surface area contributed by atoms with Gasteiger partial charge < -0.3 is 14.8 Å². The van der Waals surface area contributed by atoms with Crippen molar-refractivity contribution in [3.8, 4) is 11.5 Å². The van der Waals surface area contributed by atoms with E-state index < -0.39 is 16.1 Å². The third kappa shape index (κ3) is 6.29. The van der Waals surface area contributed by atoms with Crippen molar-refractivity contribution in [1.82, 2.24) is 0 Å². The molecule has 180 valence electrons. The van der Waals surface area contributed by atoms with Crippen LogP contribution in [0.5, 0.6) is 11.5 Å². The van der Waals surface area contributed by atoms with Crippen LogP contribution in [0, 0.1) is 13.8 Å². The highest BCUT2D eigenvalue weighted by Crippen LogP contribution is 2.24. The number of hydrogen-bond donors (Lipinski definition) is 2. The summed E-state index contributed by atoms with van der Waals surface area (Å²) in [6.45, 7) is 8.23. The number of hydrogen-bond acceptors (Lipinski definition) is 5. The average Bonchev–Trinajstić information content (AvgIpc) is 2.81. The largest absolute Gasteiger partial charge is 0.494 e. The van der Waals surface area contributed by atoms with Gasteiger partial charge in [0.05, 0.1) is 11.5 Å². The van der Waals surface area contributed by atoms with Gasteiger partial charge in [-0.05, 0) is 92.9 Å². The van der Waals surface area contributed by atoms with Crippen LogP contribution < -0.4 is 19.5 Å². The van der Waals surface area contributed by atoms with Crippen molar-refractivity contribution in [2.24, 2.45) is 0 Å². The van der Waals surface area contributed by atoms with E-state index in [0.29, 0.717) is 35.9 Å². The third-order valence-electron chi connectivity index (χ3n) is 5.34. The van der Waals surface area contributed by atoms with Gasteiger partial charge in [0.25, 0.3) is 15.9 Å². The Morgan fingerprint density at radius 1 is 0.912 bits per heavy atom. The van der Waals surface area contributed by atoms with Gasteiger partial charge in [-0.25, -0.2) is 8.42 Å². The van der Waals surface area contributed by atoms with Gasteiger partial charge in [0, 0.05) is 11.4 Å². The third-order valence-corrected chi connectivity index (χ3v) is 6.73. The van der Waals surface area contributed by atoms with Crippen LogP contribution in [0.15, 0.2) is 71.6 Å². The monoisotopic (exact) mass is 482 g/mol. The summed E-state index contributed by atoms with van der Waals surface area (Å²) in [6, 6.07) is 18.4. The van der Waals surface area contributed by atoms with Crippen LogP contribution in [0.4, 0.5) is 11.4 Å². The van der Waals surface area contributed by atoms with Gasteiger partial charge in [0.1, 0.15) is 11.5 Å². The summed E-state index contributed by atoms with van der Waals surface area (Å²) in [5, 5.41) is 2.80. The van der Waals surface area contributed by atoms with Crippen LogP contribution in [0.3, 0.4) is 0 Å². The molecule has 1 atom stereocenters. The molecule has 2 N–H and O–H groups in total. The highest BCUT2D eigenvalue weighted by atomic mass is 32.2. The molecule has 0 saturated heterocycles. The fourth-order valence-corrected chi connectivity index (χ4v) is 4.33. The number of aryl methyl sites for hydroxylation is 1. The van der Waals surface area contributed by atoms with E-state index in [9.17, 15) is 13.2 Å². The molecule has 0 aliphatic rings. The molecule has 34 heavy (non-hydrogen) atoms. The molecule has 1 unspecified atom stereocenters. The first-order valence-electron chi connectivity index (χ1n) is 11.1. The molecule has 0 spiro atoms. The molecule has 3 rings (SSSR count). The zero-order valence-electron chi connectivity index (χ0n) is 19.8. The van der Waals surface area contributed by atoms with E-state index in [-0.39, 0.29) is 10.8 Å². The molecule has 0 saturated carbocycles. The molecular weight excluding hydrogens is 452 g/mol. The Morgan fingerprint density at radius 3 is 2.18 bits per heavy atom. The van der Waals surface area contributed by atoms with Crippen LogP contribution in [-0.4, -0.2) is 27.0 Å². The molecule has 0 aliphatic carbocycles. The van der Waals surface area contributed by atoms with Gasteiger partial charge in [-0.3, -0.25) is 9.52 Å². The van der Waals surface area contributed by atoms with Crippen molar-refractivity contribution in [3.63, 3.8) is 0 Å². The fourth-order valence-electron chi connectivity index (χ4n) is 3.27. The van der Waals surface area contributed by atoms with E-state index in [1.807, 2.05) is 45.9 Å². The molecule has 8 heteroatoms. The van der Waals surface area contributed by atoms with Gasteiger partial charge in [-0.15, -0.1) is 0 Å². The van der Waals surface area contributed by atoms with E-state index in [0.717, 1.165) is 11.1 Å². The molecule has 7 nitrogen and oxygen atoms in total. The first kappa shape index (κ1) is 25.1. The van der Waals surface area contributed by atoms with Crippen molar-refractivity contribution in [2.75, 3.05) is 16.6 Å². The standard InChI is InChI=1S/C26H30N2O5S/c1-5-24(33-25-9-7-8-18(3)19(25)4)26(29)27-20-12-16-23(17-13-20)34(30,31)28-21-10-14-22(15-11-21)32-6-2/h7-17,24,28H,5-6H2,1-4H3,(H,27,29). The summed E-state index contributed by atoms with van der Waals surface area (Å²) >= 11 is 0. The minimum atomic E-state index is -3.78. The van der Waals surface area contributed by atoms with Gasteiger partial charge in [-0.2, -0.15) is 0 Å². The van der Waals surface area contributed by atoms with Crippen LogP contribution >= 0.6 is 0 Å². The molecule has 1 amide bonds. The van der Waals surface area contributed by atoms with Crippen LogP contribution in [0.25, 0.3) is 0 Å². The van der Waals surface area contributed by atoms with Crippen LogP contribution in [0.2, 0.25) is 0 Å². The predicted molar refractivity (Wildman–Crippen MR) is 134 cm³/mol. The quantitative estimate of drug-likeness (QED) is 0.409. The predicted octanol–water partition coefficient (Wildman–Crippen LogP) is 5.30. The zero-order chi connectivity index (χ0) is 24.7. The van der Waals surface area contributed by atoms with Crippen LogP contribution in [0.1, 0.15) is 31.4 Å².